The summed E-state index contributed by atoms with van der Waals surface area (Å²) in [7, 11) is 0. The maximum absolute atomic E-state index is 12.8. The number of hydrogen-bond acceptors (Lipinski definition) is 2. The minimum Gasteiger partial charge on any atom is -0.226 e. The van der Waals surface area contributed by atoms with Crippen LogP contribution in [0.5, 0.6) is 0 Å². The van der Waals surface area contributed by atoms with E-state index in [1.54, 1.807) is 18.2 Å². The molecule has 5 heteroatoms. The van der Waals surface area contributed by atoms with E-state index in [0.29, 0.717) is 5.02 Å². The number of benzene rings is 1. The molecule has 0 atom stereocenters. The Kier molecular flexibility index (Phi) is 3.69. The van der Waals surface area contributed by atoms with Gasteiger partial charge >= 0.3 is 0 Å². The van der Waals surface area contributed by atoms with E-state index in [2.05, 4.69) is 4.98 Å². The second-order valence-electron chi connectivity index (χ2n) is 3.00. The van der Waals surface area contributed by atoms with E-state index < -0.39 is 5.95 Å². The van der Waals surface area contributed by atoms with Gasteiger partial charge in [0, 0.05) is 21.0 Å². The standard InChI is InChI=1S/C11H6Cl2FNS/c12-7-1-3-8(4-2-7)16-9-5-10(13)11(14)15-6-9/h1-6H. The maximum atomic E-state index is 12.8. The van der Waals surface area contributed by atoms with Gasteiger partial charge in [0.05, 0.1) is 5.02 Å². The highest BCUT2D eigenvalue weighted by molar-refractivity contribution is 7.99. The van der Waals surface area contributed by atoms with Crippen molar-refractivity contribution in [1.29, 1.82) is 0 Å². The van der Waals surface area contributed by atoms with Crippen LogP contribution in [0.4, 0.5) is 4.39 Å². The van der Waals surface area contributed by atoms with Crippen molar-refractivity contribution >= 4 is 35.0 Å². The van der Waals surface area contributed by atoms with Crippen molar-refractivity contribution in [1.82, 2.24) is 4.98 Å². The van der Waals surface area contributed by atoms with Crippen LogP contribution in [0.15, 0.2) is 46.3 Å². The fraction of sp³-hybridized carbons (Fsp3) is 0. The fourth-order valence-corrected chi connectivity index (χ4v) is 2.28. The van der Waals surface area contributed by atoms with Crippen LogP contribution in [-0.2, 0) is 0 Å². The van der Waals surface area contributed by atoms with Gasteiger partial charge in [-0.25, -0.2) is 4.98 Å². The Morgan fingerprint density at radius 1 is 1.06 bits per heavy atom. The Bertz CT molecular complexity index is 502. The molecule has 0 spiro atoms. The molecule has 1 aromatic carbocycles. The predicted octanol–water partition coefficient (Wildman–Crippen LogP) is 4.68. The van der Waals surface area contributed by atoms with Crippen molar-refractivity contribution in [3.63, 3.8) is 0 Å². The molecule has 0 bridgehead atoms. The molecule has 0 unspecified atom stereocenters. The van der Waals surface area contributed by atoms with Crippen LogP contribution in [0.25, 0.3) is 0 Å². The number of aromatic nitrogens is 1. The molecular weight excluding hydrogens is 268 g/mol. The smallest absolute Gasteiger partial charge is 0.226 e. The topological polar surface area (TPSA) is 12.9 Å². The van der Waals surface area contributed by atoms with Gasteiger partial charge < -0.3 is 0 Å². The summed E-state index contributed by atoms with van der Waals surface area (Å²) in [5.41, 5.74) is 0. The summed E-state index contributed by atoms with van der Waals surface area (Å²) in [5.74, 6) is -0.651. The van der Waals surface area contributed by atoms with Gasteiger partial charge in [0.25, 0.3) is 0 Å². The van der Waals surface area contributed by atoms with Crippen molar-refractivity contribution < 1.29 is 4.39 Å². The van der Waals surface area contributed by atoms with Crippen molar-refractivity contribution in [3.8, 4) is 0 Å². The average Bonchev–Trinajstić information content (AvgIpc) is 2.27. The van der Waals surface area contributed by atoms with E-state index in [4.69, 9.17) is 23.2 Å². The monoisotopic (exact) mass is 273 g/mol. The summed E-state index contributed by atoms with van der Waals surface area (Å²) >= 11 is 12.8. The van der Waals surface area contributed by atoms with Gasteiger partial charge in [0.15, 0.2) is 0 Å². The third-order valence-corrected chi connectivity index (χ3v) is 3.30. The van der Waals surface area contributed by atoms with Gasteiger partial charge in [-0.1, -0.05) is 35.0 Å². The SMILES string of the molecule is Fc1ncc(Sc2ccc(Cl)cc2)cc1Cl. The molecule has 82 valence electrons. The summed E-state index contributed by atoms with van der Waals surface area (Å²) in [6.07, 6.45) is 1.44. The Morgan fingerprint density at radius 2 is 1.75 bits per heavy atom. The first kappa shape index (κ1) is 11.7. The Labute approximate surface area is 107 Å². The van der Waals surface area contributed by atoms with Gasteiger partial charge in [-0.05, 0) is 30.3 Å². The number of hydrogen-bond donors (Lipinski definition) is 0. The molecule has 0 N–H and O–H groups in total. The number of halogens is 3. The lowest BCUT2D eigenvalue weighted by Gasteiger charge is -2.02. The summed E-state index contributed by atoms with van der Waals surface area (Å²) in [6.45, 7) is 0. The number of pyridine rings is 1. The first-order valence-corrected chi connectivity index (χ1v) is 5.97. The Morgan fingerprint density at radius 3 is 2.38 bits per heavy atom. The van der Waals surface area contributed by atoms with Gasteiger partial charge in [-0.3, -0.25) is 0 Å². The molecule has 2 rings (SSSR count). The normalized spacial score (nSPS) is 10.4. The number of rotatable bonds is 2. The predicted molar refractivity (Wildman–Crippen MR) is 64.8 cm³/mol. The fourth-order valence-electron chi connectivity index (χ4n) is 1.10. The highest BCUT2D eigenvalue weighted by Gasteiger charge is 2.03. The first-order valence-electron chi connectivity index (χ1n) is 4.39. The lowest BCUT2D eigenvalue weighted by molar-refractivity contribution is 0.582. The van der Waals surface area contributed by atoms with E-state index >= 15 is 0 Å². The molecule has 16 heavy (non-hydrogen) atoms. The third kappa shape index (κ3) is 2.88. The second kappa shape index (κ2) is 5.04. The summed E-state index contributed by atoms with van der Waals surface area (Å²) in [5, 5.41) is 0.707. The van der Waals surface area contributed by atoms with Gasteiger partial charge in [-0.15, -0.1) is 0 Å². The zero-order valence-corrected chi connectivity index (χ0v) is 10.3. The van der Waals surface area contributed by atoms with Gasteiger partial charge in [0.2, 0.25) is 5.95 Å². The van der Waals surface area contributed by atoms with Crippen LogP contribution < -0.4 is 0 Å². The molecule has 1 nitrogen and oxygen atoms in total. The quantitative estimate of drug-likeness (QED) is 0.737. The summed E-state index contributed by atoms with van der Waals surface area (Å²) in [6, 6.07) is 8.89. The van der Waals surface area contributed by atoms with Gasteiger partial charge in [-0.2, -0.15) is 4.39 Å². The highest BCUT2D eigenvalue weighted by Crippen LogP contribution is 2.30. The van der Waals surface area contributed by atoms with Crippen LogP contribution in [0.2, 0.25) is 10.0 Å². The van der Waals surface area contributed by atoms with E-state index in [1.807, 2.05) is 12.1 Å². The molecule has 2 aromatic rings. The van der Waals surface area contributed by atoms with Gasteiger partial charge in [0.1, 0.15) is 0 Å². The zero-order chi connectivity index (χ0) is 11.5. The molecule has 0 amide bonds. The zero-order valence-electron chi connectivity index (χ0n) is 7.95. The van der Waals surface area contributed by atoms with Crippen LogP contribution >= 0.6 is 35.0 Å². The molecule has 1 heterocycles. The lowest BCUT2D eigenvalue weighted by Crippen LogP contribution is -1.84. The average molecular weight is 274 g/mol. The Hall–Kier alpha value is -0.770. The summed E-state index contributed by atoms with van der Waals surface area (Å²) < 4.78 is 12.8. The molecule has 0 radical (unpaired) electrons. The molecular formula is C11H6Cl2FNS. The Balaban J connectivity index is 2.20. The van der Waals surface area contributed by atoms with Crippen molar-refractivity contribution in [2.24, 2.45) is 0 Å². The van der Waals surface area contributed by atoms with Crippen LogP contribution in [0, 0.1) is 5.95 Å². The van der Waals surface area contributed by atoms with Crippen molar-refractivity contribution in [2.45, 2.75) is 9.79 Å². The molecule has 0 saturated heterocycles. The molecule has 1 aromatic heterocycles. The minimum atomic E-state index is -0.651. The van der Waals surface area contributed by atoms with Crippen molar-refractivity contribution in [2.75, 3.05) is 0 Å². The van der Waals surface area contributed by atoms with Crippen LogP contribution in [0.1, 0.15) is 0 Å². The number of nitrogens with zero attached hydrogens (tertiary/aromatic N) is 1. The van der Waals surface area contributed by atoms with E-state index in [1.165, 1.54) is 18.0 Å². The molecule has 0 aliphatic rings. The van der Waals surface area contributed by atoms with E-state index in [-0.39, 0.29) is 5.02 Å². The lowest BCUT2D eigenvalue weighted by atomic mass is 10.4. The van der Waals surface area contributed by atoms with E-state index in [0.717, 1.165) is 9.79 Å². The molecule has 0 aliphatic heterocycles. The molecule has 0 fully saturated rings. The molecule has 0 aliphatic carbocycles. The largest absolute Gasteiger partial charge is 0.231 e. The highest BCUT2D eigenvalue weighted by atomic mass is 35.5. The first-order chi connectivity index (χ1) is 7.65. The van der Waals surface area contributed by atoms with E-state index in [9.17, 15) is 4.39 Å². The minimum absolute atomic E-state index is 0.0268. The van der Waals surface area contributed by atoms with Crippen LogP contribution in [0.3, 0.4) is 0 Å². The molecule has 0 saturated carbocycles. The maximum Gasteiger partial charge on any atom is 0.231 e. The van der Waals surface area contributed by atoms with Crippen LogP contribution in [-0.4, -0.2) is 4.98 Å². The van der Waals surface area contributed by atoms with Crippen molar-refractivity contribution in [3.05, 3.63) is 52.5 Å². The summed E-state index contributed by atoms with van der Waals surface area (Å²) in [4.78, 5) is 5.33. The second-order valence-corrected chi connectivity index (χ2v) is 4.99. The third-order valence-electron chi connectivity index (χ3n) is 1.82.